The van der Waals surface area contributed by atoms with E-state index in [0.717, 1.165) is 38.5 Å². The molecule has 0 fully saturated rings. The Hall–Kier alpha value is -1.02. The molecule has 0 aromatic heterocycles. The molecule has 0 saturated carbocycles. The van der Waals surface area contributed by atoms with Gasteiger partial charge in [-0.05, 0) is 26.2 Å². The monoisotopic (exact) mass is 192 g/mol. The lowest BCUT2D eigenvalue weighted by atomic mass is 9.98. The molecular formula is C12H20N2. The first-order valence-corrected chi connectivity index (χ1v) is 5.53. The summed E-state index contributed by atoms with van der Waals surface area (Å²) in [5.41, 5.74) is 0. The van der Waals surface area contributed by atoms with Crippen LogP contribution in [0.4, 0.5) is 0 Å². The van der Waals surface area contributed by atoms with Gasteiger partial charge >= 0.3 is 0 Å². The maximum atomic E-state index is 8.72. The molecule has 0 aliphatic rings. The topological polar surface area (TPSA) is 47.6 Å². The Labute approximate surface area is 87.5 Å². The predicted octanol–water partition coefficient (Wildman–Crippen LogP) is 3.65. The lowest BCUT2D eigenvalue weighted by molar-refractivity contribution is 0.505. The second-order valence-electron chi connectivity index (χ2n) is 3.90. The molecule has 0 aliphatic carbocycles. The Balaban J connectivity index is 3.31. The molecule has 0 spiro atoms. The van der Waals surface area contributed by atoms with Crippen LogP contribution in [0.2, 0.25) is 0 Å². The summed E-state index contributed by atoms with van der Waals surface area (Å²) in [6.07, 6.45) is 6.39. The van der Waals surface area contributed by atoms with Gasteiger partial charge in [-0.15, -0.1) is 0 Å². The first-order valence-electron chi connectivity index (χ1n) is 5.53. The van der Waals surface area contributed by atoms with Gasteiger partial charge in [0.25, 0.3) is 0 Å². The van der Waals surface area contributed by atoms with E-state index in [9.17, 15) is 0 Å². The maximum absolute atomic E-state index is 8.72. The summed E-state index contributed by atoms with van der Waals surface area (Å²) in [5.74, 6) is 0.427. The molecule has 2 heteroatoms. The molecule has 2 atom stereocenters. The quantitative estimate of drug-likeness (QED) is 0.578. The lowest BCUT2D eigenvalue weighted by Gasteiger charge is -2.05. The average molecular weight is 192 g/mol. The summed E-state index contributed by atoms with van der Waals surface area (Å²) in [5, 5.41) is 17.3. The van der Waals surface area contributed by atoms with Gasteiger partial charge < -0.3 is 0 Å². The number of hydrogen-bond donors (Lipinski definition) is 0. The zero-order chi connectivity index (χ0) is 10.8. The summed E-state index contributed by atoms with van der Waals surface area (Å²) < 4.78 is 0. The number of hydrogen-bond acceptors (Lipinski definition) is 2. The van der Waals surface area contributed by atoms with E-state index in [0.29, 0.717) is 0 Å². The first-order chi connectivity index (χ1) is 6.74. The van der Waals surface area contributed by atoms with Gasteiger partial charge in [0.05, 0.1) is 12.1 Å². The van der Waals surface area contributed by atoms with Gasteiger partial charge in [0.1, 0.15) is 0 Å². The fourth-order valence-electron chi connectivity index (χ4n) is 1.44. The Kier molecular flexibility index (Phi) is 7.95. The minimum absolute atomic E-state index is 0.188. The van der Waals surface area contributed by atoms with Crippen LogP contribution in [0, 0.1) is 34.5 Å². The highest BCUT2D eigenvalue weighted by atomic mass is 14.3. The van der Waals surface area contributed by atoms with Crippen molar-refractivity contribution in [3.63, 3.8) is 0 Å². The van der Waals surface area contributed by atoms with Crippen LogP contribution in [0.25, 0.3) is 0 Å². The van der Waals surface area contributed by atoms with E-state index >= 15 is 0 Å². The fraction of sp³-hybridized carbons (Fsp3) is 0.833. The molecule has 0 aromatic rings. The summed E-state index contributed by atoms with van der Waals surface area (Å²) in [6.45, 7) is 4.02. The van der Waals surface area contributed by atoms with Gasteiger partial charge in [-0.2, -0.15) is 10.5 Å². The van der Waals surface area contributed by atoms with Crippen LogP contribution in [-0.4, -0.2) is 0 Å². The maximum Gasteiger partial charge on any atom is 0.0655 e. The second-order valence-corrected chi connectivity index (χ2v) is 3.90. The summed E-state index contributed by atoms with van der Waals surface area (Å²) in [6, 6.07) is 4.54. The van der Waals surface area contributed by atoms with Crippen molar-refractivity contribution in [2.24, 2.45) is 11.8 Å². The second kappa shape index (κ2) is 8.57. The van der Waals surface area contributed by atoms with Crippen molar-refractivity contribution in [2.75, 3.05) is 0 Å². The zero-order valence-electron chi connectivity index (χ0n) is 9.29. The lowest BCUT2D eigenvalue weighted by Crippen LogP contribution is -1.95. The highest BCUT2D eigenvalue weighted by Crippen LogP contribution is 2.14. The van der Waals surface area contributed by atoms with Crippen LogP contribution in [0.15, 0.2) is 0 Å². The van der Waals surface area contributed by atoms with Crippen molar-refractivity contribution < 1.29 is 0 Å². The Morgan fingerprint density at radius 2 is 1.64 bits per heavy atom. The van der Waals surface area contributed by atoms with Gasteiger partial charge in [0.15, 0.2) is 0 Å². The van der Waals surface area contributed by atoms with E-state index in [4.69, 9.17) is 10.5 Å². The van der Waals surface area contributed by atoms with E-state index in [1.165, 1.54) is 0 Å². The molecular weight excluding hydrogens is 172 g/mol. The molecule has 0 aromatic carbocycles. The largest absolute Gasteiger partial charge is 0.198 e. The van der Waals surface area contributed by atoms with E-state index in [1.807, 2.05) is 6.92 Å². The van der Waals surface area contributed by atoms with E-state index < -0.39 is 0 Å². The summed E-state index contributed by atoms with van der Waals surface area (Å²) in [7, 11) is 0. The SMILES string of the molecule is CCC(C#N)CCCCCC(C)C#N. The molecule has 0 bridgehead atoms. The highest BCUT2D eigenvalue weighted by Gasteiger charge is 2.04. The van der Waals surface area contributed by atoms with Crippen LogP contribution in [0.3, 0.4) is 0 Å². The van der Waals surface area contributed by atoms with E-state index in [1.54, 1.807) is 0 Å². The van der Waals surface area contributed by atoms with Gasteiger partial charge in [-0.3, -0.25) is 0 Å². The first kappa shape index (κ1) is 13.0. The van der Waals surface area contributed by atoms with Crippen LogP contribution in [-0.2, 0) is 0 Å². The van der Waals surface area contributed by atoms with Crippen LogP contribution < -0.4 is 0 Å². The van der Waals surface area contributed by atoms with Gasteiger partial charge in [-0.25, -0.2) is 0 Å². The molecule has 0 rings (SSSR count). The van der Waals surface area contributed by atoms with Gasteiger partial charge in [0, 0.05) is 11.8 Å². The molecule has 0 N–H and O–H groups in total. The molecule has 0 amide bonds. The standard InChI is InChI=1S/C12H20N2/c1-3-12(10-14)8-6-4-5-7-11(2)9-13/h11-12H,3-8H2,1-2H3. The van der Waals surface area contributed by atoms with Crippen molar-refractivity contribution in [1.29, 1.82) is 10.5 Å². The molecule has 2 nitrogen and oxygen atoms in total. The Morgan fingerprint density at radius 3 is 2.14 bits per heavy atom. The van der Waals surface area contributed by atoms with E-state index in [2.05, 4.69) is 19.1 Å². The molecule has 0 saturated heterocycles. The van der Waals surface area contributed by atoms with E-state index in [-0.39, 0.29) is 11.8 Å². The number of nitrogens with zero attached hydrogens (tertiary/aromatic N) is 2. The van der Waals surface area contributed by atoms with Crippen LogP contribution >= 0.6 is 0 Å². The third-order valence-electron chi connectivity index (χ3n) is 2.59. The summed E-state index contributed by atoms with van der Waals surface area (Å²) in [4.78, 5) is 0. The third-order valence-corrected chi connectivity index (χ3v) is 2.59. The van der Waals surface area contributed by atoms with Crippen molar-refractivity contribution in [3.05, 3.63) is 0 Å². The van der Waals surface area contributed by atoms with Crippen molar-refractivity contribution in [2.45, 2.75) is 52.4 Å². The molecule has 78 valence electrons. The smallest absolute Gasteiger partial charge is 0.0655 e. The number of nitriles is 2. The normalized spacial score (nSPS) is 14.0. The van der Waals surface area contributed by atoms with Crippen molar-refractivity contribution in [3.8, 4) is 12.1 Å². The predicted molar refractivity (Wildman–Crippen MR) is 57.3 cm³/mol. The van der Waals surface area contributed by atoms with Crippen LogP contribution in [0.1, 0.15) is 52.4 Å². The molecule has 2 unspecified atom stereocenters. The van der Waals surface area contributed by atoms with Crippen LogP contribution in [0.5, 0.6) is 0 Å². The molecule has 0 heterocycles. The minimum Gasteiger partial charge on any atom is -0.198 e. The third kappa shape index (κ3) is 6.49. The van der Waals surface area contributed by atoms with Crippen molar-refractivity contribution >= 4 is 0 Å². The van der Waals surface area contributed by atoms with Gasteiger partial charge in [-0.1, -0.05) is 26.2 Å². The Bertz CT molecular complexity index is 209. The number of unbranched alkanes of at least 4 members (excludes halogenated alkanes) is 2. The number of rotatable bonds is 7. The Morgan fingerprint density at radius 1 is 1.00 bits per heavy atom. The zero-order valence-corrected chi connectivity index (χ0v) is 9.29. The summed E-state index contributed by atoms with van der Waals surface area (Å²) >= 11 is 0. The van der Waals surface area contributed by atoms with Crippen molar-refractivity contribution in [1.82, 2.24) is 0 Å². The highest BCUT2D eigenvalue weighted by molar-refractivity contribution is 4.81. The molecule has 0 radical (unpaired) electrons. The molecule has 14 heavy (non-hydrogen) atoms. The fourth-order valence-corrected chi connectivity index (χ4v) is 1.44. The van der Waals surface area contributed by atoms with Gasteiger partial charge in [0.2, 0.25) is 0 Å². The average Bonchev–Trinajstić information content (AvgIpc) is 2.23. The molecule has 0 aliphatic heterocycles. The minimum atomic E-state index is 0.188.